The van der Waals surface area contributed by atoms with E-state index >= 15 is 0 Å². The van der Waals surface area contributed by atoms with Gasteiger partial charge in [0.25, 0.3) is 0 Å². The fourth-order valence-electron chi connectivity index (χ4n) is 4.91. The molecular weight excluding hydrogens is 404 g/mol. The minimum atomic E-state index is -0.833. The van der Waals surface area contributed by atoms with Crippen LogP contribution in [0.4, 0.5) is 0 Å². The van der Waals surface area contributed by atoms with Crippen molar-refractivity contribution < 1.29 is 24.1 Å². The number of ether oxygens (including phenoxy) is 3. The molecule has 3 aromatic rings. The van der Waals surface area contributed by atoms with Crippen molar-refractivity contribution in [3.63, 3.8) is 0 Å². The van der Waals surface area contributed by atoms with Crippen molar-refractivity contribution in [1.29, 1.82) is 0 Å². The number of aliphatic carboxylic acids is 1. The van der Waals surface area contributed by atoms with Gasteiger partial charge in [-0.25, -0.2) is 0 Å². The first-order valence-electron chi connectivity index (χ1n) is 10.9. The van der Waals surface area contributed by atoms with E-state index in [9.17, 15) is 4.79 Å². The zero-order chi connectivity index (χ0) is 22.4. The third-order valence-electron chi connectivity index (χ3n) is 6.26. The molecule has 2 aliphatic rings. The molecule has 164 valence electrons. The lowest BCUT2D eigenvalue weighted by molar-refractivity contribution is -0.137. The minimum Gasteiger partial charge on any atom is -0.492 e. The van der Waals surface area contributed by atoms with Crippen LogP contribution in [-0.4, -0.2) is 24.3 Å². The molecule has 0 amide bonds. The highest BCUT2D eigenvalue weighted by molar-refractivity contribution is 5.72. The molecular formula is C27H26O5. The average Bonchev–Trinajstić information content (AvgIpc) is 3.12. The molecule has 0 radical (unpaired) electrons. The molecule has 2 atom stereocenters. The zero-order valence-corrected chi connectivity index (χ0v) is 18.5. The number of rotatable bonds is 4. The Morgan fingerprint density at radius 1 is 0.938 bits per heavy atom. The van der Waals surface area contributed by atoms with Gasteiger partial charge in [0.2, 0.25) is 0 Å². The summed E-state index contributed by atoms with van der Waals surface area (Å²) in [5.74, 6) is 0.956. The fraction of sp³-hybridized carbons (Fsp3) is 0.296. The molecule has 0 bridgehead atoms. The van der Waals surface area contributed by atoms with E-state index in [0.717, 1.165) is 11.1 Å². The van der Waals surface area contributed by atoms with E-state index in [1.807, 2.05) is 12.1 Å². The first-order valence-corrected chi connectivity index (χ1v) is 10.9. The number of carbonyl (C=O) groups is 1. The Balaban J connectivity index is 1.43. The third-order valence-corrected chi connectivity index (χ3v) is 6.26. The molecule has 0 saturated heterocycles. The van der Waals surface area contributed by atoms with Crippen LogP contribution in [0, 0.1) is 20.8 Å². The van der Waals surface area contributed by atoms with Gasteiger partial charge in [-0.15, -0.1) is 0 Å². The van der Waals surface area contributed by atoms with E-state index in [2.05, 4.69) is 57.2 Å². The van der Waals surface area contributed by atoms with E-state index in [-0.39, 0.29) is 18.4 Å². The Morgan fingerprint density at radius 3 is 2.44 bits per heavy atom. The van der Waals surface area contributed by atoms with Gasteiger partial charge in [0, 0.05) is 17.5 Å². The first kappa shape index (κ1) is 20.4. The third kappa shape index (κ3) is 3.68. The van der Waals surface area contributed by atoms with Crippen LogP contribution < -0.4 is 14.2 Å². The number of carboxylic acid groups (broad SMARTS) is 1. The van der Waals surface area contributed by atoms with Gasteiger partial charge in [0.1, 0.15) is 12.4 Å². The van der Waals surface area contributed by atoms with Gasteiger partial charge in [-0.3, -0.25) is 4.79 Å². The van der Waals surface area contributed by atoms with E-state index in [4.69, 9.17) is 19.3 Å². The van der Waals surface area contributed by atoms with Crippen LogP contribution in [0.3, 0.4) is 0 Å². The summed E-state index contributed by atoms with van der Waals surface area (Å²) in [4.78, 5) is 11.1. The smallest absolute Gasteiger partial charge is 0.304 e. The Kier molecular flexibility index (Phi) is 5.04. The Morgan fingerprint density at radius 2 is 1.69 bits per heavy atom. The molecule has 32 heavy (non-hydrogen) atoms. The Bertz CT molecular complexity index is 1190. The van der Waals surface area contributed by atoms with Crippen molar-refractivity contribution in [2.75, 3.05) is 13.2 Å². The molecule has 5 rings (SSSR count). The molecule has 2 heterocycles. The number of hydrogen-bond donors (Lipinski definition) is 1. The molecule has 1 N–H and O–H groups in total. The van der Waals surface area contributed by atoms with Crippen LogP contribution in [0.15, 0.2) is 48.5 Å². The predicted octanol–water partition coefficient (Wildman–Crippen LogP) is 5.74. The highest BCUT2D eigenvalue weighted by atomic mass is 16.6. The van der Waals surface area contributed by atoms with E-state index in [0.29, 0.717) is 30.5 Å². The monoisotopic (exact) mass is 430 g/mol. The van der Waals surface area contributed by atoms with Crippen LogP contribution in [0.2, 0.25) is 0 Å². The summed E-state index contributed by atoms with van der Waals surface area (Å²) in [7, 11) is 0. The summed E-state index contributed by atoms with van der Waals surface area (Å²) in [6.07, 6.45) is -0.192. The molecule has 0 saturated carbocycles. The number of benzene rings is 3. The molecule has 3 aromatic carbocycles. The summed E-state index contributed by atoms with van der Waals surface area (Å²) in [5, 5.41) is 9.14. The van der Waals surface area contributed by atoms with Crippen molar-refractivity contribution in [2.45, 2.75) is 39.2 Å². The number of carboxylic acids is 1. The fourth-order valence-corrected chi connectivity index (χ4v) is 4.91. The van der Waals surface area contributed by atoms with Crippen LogP contribution in [0.5, 0.6) is 17.2 Å². The lowest BCUT2D eigenvalue weighted by Crippen LogP contribution is -2.21. The van der Waals surface area contributed by atoms with Gasteiger partial charge in [-0.05, 0) is 60.7 Å². The lowest BCUT2D eigenvalue weighted by atomic mass is 9.92. The molecule has 0 aliphatic carbocycles. The van der Waals surface area contributed by atoms with Gasteiger partial charge in [-0.2, -0.15) is 0 Å². The second kappa shape index (κ2) is 7.90. The summed E-state index contributed by atoms with van der Waals surface area (Å²) < 4.78 is 18.1. The second-order valence-corrected chi connectivity index (χ2v) is 8.76. The van der Waals surface area contributed by atoms with Crippen molar-refractivity contribution in [1.82, 2.24) is 0 Å². The van der Waals surface area contributed by atoms with Gasteiger partial charge < -0.3 is 19.3 Å². The average molecular weight is 431 g/mol. The molecule has 5 nitrogen and oxygen atoms in total. The molecule has 0 aromatic heterocycles. The molecule has 0 spiro atoms. The molecule has 5 heteroatoms. The minimum absolute atomic E-state index is 0.0416. The van der Waals surface area contributed by atoms with Crippen LogP contribution >= 0.6 is 0 Å². The Labute approximate surface area is 187 Å². The number of aryl methyl sites for hydroxylation is 3. The first-order chi connectivity index (χ1) is 15.4. The normalized spacial score (nSPS) is 18.7. The molecule has 0 fully saturated rings. The van der Waals surface area contributed by atoms with Gasteiger partial charge in [0.05, 0.1) is 13.0 Å². The molecule has 1 unspecified atom stereocenters. The maximum absolute atomic E-state index is 11.1. The highest BCUT2D eigenvalue weighted by Gasteiger charge is 2.31. The number of fused-ring (bicyclic) bond motifs is 2. The van der Waals surface area contributed by atoms with Crippen molar-refractivity contribution in [3.8, 4) is 28.4 Å². The van der Waals surface area contributed by atoms with Gasteiger partial charge >= 0.3 is 5.97 Å². The SMILES string of the molecule is Cc1cc(C)c(-c2cccc(C3COc4cc5c(cc4O3)OC[C@H]5CC(=O)O)c2)c(C)c1. The van der Waals surface area contributed by atoms with Crippen LogP contribution in [0.1, 0.15) is 46.3 Å². The zero-order valence-electron chi connectivity index (χ0n) is 18.5. The summed E-state index contributed by atoms with van der Waals surface area (Å²) in [5.41, 5.74) is 8.13. The summed E-state index contributed by atoms with van der Waals surface area (Å²) >= 11 is 0. The van der Waals surface area contributed by atoms with E-state index < -0.39 is 5.97 Å². The largest absolute Gasteiger partial charge is 0.492 e. The Hall–Kier alpha value is -3.47. The standard InChI is InChI=1S/C27H26O5/c1-15-7-16(2)27(17(3)8-15)19-6-4-5-18(9-19)25-14-31-23-11-21-20(10-26(28)29)13-30-22(21)12-24(23)32-25/h4-9,11-12,20,25H,10,13-14H2,1-3H3,(H,28,29)/t20-,25?/m1/s1. The summed E-state index contributed by atoms with van der Waals surface area (Å²) in [6.45, 7) is 7.18. The van der Waals surface area contributed by atoms with Crippen LogP contribution in [-0.2, 0) is 4.79 Å². The van der Waals surface area contributed by atoms with Crippen molar-refractivity contribution in [2.24, 2.45) is 0 Å². The summed E-state index contributed by atoms with van der Waals surface area (Å²) in [6, 6.07) is 16.6. The van der Waals surface area contributed by atoms with E-state index in [1.54, 1.807) is 0 Å². The number of hydrogen-bond acceptors (Lipinski definition) is 4. The highest BCUT2D eigenvalue weighted by Crippen LogP contribution is 2.46. The maximum atomic E-state index is 11.1. The van der Waals surface area contributed by atoms with Crippen LogP contribution in [0.25, 0.3) is 11.1 Å². The van der Waals surface area contributed by atoms with E-state index in [1.165, 1.54) is 27.8 Å². The van der Waals surface area contributed by atoms with Gasteiger partial charge in [0.15, 0.2) is 17.6 Å². The predicted molar refractivity (Wildman–Crippen MR) is 122 cm³/mol. The van der Waals surface area contributed by atoms with Crippen molar-refractivity contribution >= 4 is 5.97 Å². The van der Waals surface area contributed by atoms with Crippen molar-refractivity contribution in [3.05, 3.63) is 76.3 Å². The molecule has 2 aliphatic heterocycles. The van der Waals surface area contributed by atoms with Gasteiger partial charge in [-0.1, -0.05) is 35.9 Å². The lowest BCUT2D eigenvalue weighted by Gasteiger charge is -2.28. The topological polar surface area (TPSA) is 65.0 Å². The second-order valence-electron chi connectivity index (χ2n) is 8.76. The maximum Gasteiger partial charge on any atom is 0.304 e. The quantitative estimate of drug-likeness (QED) is 0.572.